The third-order valence-corrected chi connectivity index (χ3v) is 5.73. The van der Waals surface area contributed by atoms with E-state index in [1.807, 2.05) is 0 Å². The number of rotatable bonds is 0. The topological polar surface area (TPSA) is 27.8 Å². The number of H-pyrrole nitrogens is 1. The molecule has 0 spiro atoms. The first-order chi connectivity index (χ1) is 8.92. The van der Waals surface area contributed by atoms with Crippen molar-refractivity contribution in [1.29, 1.82) is 0 Å². The third kappa shape index (κ3) is 1.01. The fraction of sp³-hybridized carbons (Fsp3) is 0.500. The minimum atomic E-state index is 0.833. The summed E-state index contributed by atoms with van der Waals surface area (Å²) in [5.41, 5.74) is 4.33. The molecule has 92 valence electrons. The van der Waals surface area contributed by atoms with Crippen LogP contribution in [0, 0.1) is 17.8 Å². The molecule has 3 aliphatic rings. The summed E-state index contributed by atoms with van der Waals surface area (Å²) in [7, 11) is 0. The van der Waals surface area contributed by atoms with Gasteiger partial charge in [0.2, 0.25) is 0 Å². The van der Waals surface area contributed by atoms with Gasteiger partial charge in [-0.1, -0.05) is 0 Å². The molecule has 18 heavy (non-hydrogen) atoms. The van der Waals surface area contributed by atoms with Crippen LogP contribution >= 0.6 is 0 Å². The Morgan fingerprint density at radius 2 is 2.00 bits per heavy atom. The number of benzene rings is 1. The summed E-state index contributed by atoms with van der Waals surface area (Å²) in [6.07, 6.45) is 6.51. The van der Waals surface area contributed by atoms with E-state index in [-0.39, 0.29) is 0 Å². The zero-order valence-electron chi connectivity index (χ0n) is 10.4. The number of hydrogen-bond donors (Lipinski definition) is 2. The number of aromatic amines is 1. The number of hydrogen-bond acceptors (Lipinski definition) is 1. The fourth-order valence-corrected chi connectivity index (χ4v) is 5.05. The molecule has 1 unspecified atom stereocenters. The first-order valence-electron chi connectivity index (χ1n) is 7.25. The summed E-state index contributed by atoms with van der Waals surface area (Å²) in [4.78, 5) is 3.37. The molecule has 2 N–H and O–H groups in total. The fourth-order valence-electron chi connectivity index (χ4n) is 5.05. The van der Waals surface area contributed by atoms with Crippen molar-refractivity contribution in [3.8, 4) is 0 Å². The van der Waals surface area contributed by atoms with Crippen molar-refractivity contribution in [2.45, 2.75) is 25.2 Å². The van der Waals surface area contributed by atoms with E-state index in [2.05, 4.69) is 34.7 Å². The molecule has 1 aromatic heterocycles. The quantitative estimate of drug-likeness (QED) is 0.719. The molecule has 2 aliphatic carbocycles. The van der Waals surface area contributed by atoms with Gasteiger partial charge in [0, 0.05) is 29.3 Å². The molecule has 0 amide bonds. The summed E-state index contributed by atoms with van der Waals surface area (Å²) in [6, 6.07) is 6.76. The Hall–Kier alpha value is -1.44. The maximum absolute atomic E-state index is 3.69. The van der Waals surface area contributed by atoms with E-state index in [4.69, 9.17) is 0 Å². The molecule has 2 aromatic rings. The Balaban J connectivity index is 1.79. The van der Waals surface area contributed by atoms with Crippen LogP contribution in [0.3, 0.4) is 0 Å². The predicted octanol–water partition coefficient (Wildman–Crippen LogP) is 3.72. The van der Waals surface area contributed by atoms with Gasteiger partial charge < -0.3 is 10.3 Å². The molecule has 2 saturated carbocycles. The summed E-state index contributed by atoms with van der Waals surface area (Å²) < 4.78 is 0. The van der Waals surface area contributed by atoms with Gasteiger partial charge in [-0.15, -0.1) is 0 Å². The largest absolute Gasteiger partial charge is 0.384 e. The van der Waals surface area contributed by atoms with Crippen molar-refractivity contribution in [3.63, 3.8) is 0 Å². The molecule has 2 fully saturated rings. The molecule has 2 bridgehead atoms. The maximum atomic E-state index is 3.69. The second-order valence-corrected chi connectivity index (χ2v) is 6.37. The van der Waals surface area contributed by atoms with Crippen LogP contribution in [0.1, 0.15) is 30.7 Å². The average Bonchev–Trinajstić information content (AvgIpc) is 3.13. The van der Waals surface area contributed by atoms with Crippen molar-refractivity contribution < 1.29 is 0 Å². The monoisotopic (exact) mass is 238 g/mol. The van der Waals surface area contributed by atoms with Crippen LogP contribution in [-0.4, -0.2) is 11.5 Å². The van der Waals surface area contributed by atoms with Gasteiger partial charge in [0.15, 0.2) is 0 Å². The van der Waals surface area contributed by atoms with Gasteiger partial charge in [0.1, 0.15) is 0 Å². The Labute approximate surface area is 107 Å². The Kier molecular flexibility index (Phi) is 1.64. The van der Waals surface area contributed by atoms with Crippen molar-refractivity contribution in [1.82, 2.24) is 4.98 Å². The van der Waals surface area contributed by atoms with Gasteiger partial charge in [0.05, 0.1) is 0 Å². The van der Waals surface area contributed by atoms with E-state index in [0.29, 0.717) is 0 Å². The first-order valence-corrected chi connectivity index (χ1v) is 7.25. The summed E-state index contributed by atoms with van der Waals surface area (Å²) in [5, 5.41) is 5.15. The van der Waals surface area contributed by atoms with Crippen LogP contribution in [0.15, 0.2) is 24.4 Å². The molecule has 2 heteroatoms. The molecule has 1 aliphatic heterocycles. The average molecular weight is 238 g/mol. The van der Waals surface area contributed by atoms with Crippen LogP contribution in [-0.2, 0) is 0 Å². The van der Waals surface area contributed by atoms with Crippen molar-refractivity contribution >= 4 is 16.6 Å². The van der Waals surface area contributed by atoms with E-state index in [1.54, 1.807) is 5.56 Å². The molecule has 4 atom stereocenters. The predicted molar refractivity (Wildman–Crippen MR) is 73.9 cm³/mol. The summed E-state index contributed by atoms with van der Waals surface area (Å²) in [6.45, 7) is 1.20. The number of anilines is 1. The standard InChI is InChI=1S/C16H18N2/c1-2-10-7-9(1)12-8-18-14-4-3-13-11(5-6-17-13)16(14)15(10)12/h3-6,9-10,12,15,17-18H,1-2,7-8H2/t9-,10?,12+,15-/m0/s1. The molecule has 5 rings (SSSR count). The molecule has 2 nitrogen and oxygen atoms in total. The number of fused-ring (bicyclic) bond motifs is 9. The minimum absolute atomic E-state index is 0.833. The molecule has 0 radical (unpaired) electrons. The van der Waals surface area contributed by atoms with Gasteiger partial charge in [-0.05, 0) is 66.7 Å². The van der Waals surface area contributed by atoms with Gasteiger partial charge in [-0.25, -0.2) is 0 Å². The highest BCUT2D eigenvalue weighted by Crippen LogP contribution is 2.60. The van der Waals surface area contributed by atoms with E-state index in [1.165, 1.54) is 42.4 Å². The number of nitrogens with one attached hydrogen (secondary N) is 2. The minimum Gasteiger partial charge on any atom is -0.384 e. The van der Waals surface area contributed by atoms with E-state index < -0.39 is 0 Å². The lowest BCUT2D eigenvalue weighted by atomic mass is 9.72. The van der Waals surface area contributed by atoms with Crippen LogP contribution in [0.2, 0.25) is 0 Å². The van der Waals surface area contributed by atoms with E-state index in [0.717, 1.165) is 23.7 Å². The summed E-state index contributed by atoms with van der Waals surface area (Å²) in [5.74, 6) is 3.69. The second-order valence-electron chi connectivity index (χ2n) is 6.37. The lowest BCUT2D eigenvalue weighted by molar-refractivity contribution is 0.296. The Bertz CT molecular complexity index is 627. The van der Waals surface area contributed by atoms with Gasteiger partial charge in [0.25, 0.3) is 0 Å². The van der Waals surface area contributed by atoms with Crippen LogP contribution in [0.4, 0.5) is 5.69 Å². The molecule has 2 heterocycles. The van der Waals surface area contributed by atoms with Gasteiger partial charge in [-0.2, -0.15) is 0 Å². The zero-order valence-corrected chi connectivity index (χ0v) is 10.4. The molecular weight excluding hydrogens is 220 g/mol. The Morgan fingerprint density at radius 1 is 1.06 bits per heavy atom. The highest BCUT2D eigenvalue weighted by molar-refractivity contribution is 5.89. The second kappa shape index (κ2) is 3.11. The number of aromatic nitrogens is 1. The molecular formula is C16H18N2. The smallest absolute Gasteiger partial charge is 0.0458 e. The van der Waals surface area contributed by atoms with Crippen molar-refractivity contribution in [2.75, 3.05) is 11.9 Å². The van der Waals surface area contributed by atoms with Gasteiger partial charge in [-0.3, -0.25) is 0 Å². The molecule has 0 saturated heterocycles. The summed E-state index contributed by atoms with van der Waals surface area (Å²) >= 11 is 0. The maximum Gasteiger partial charge on any atom is 0.0458 e. The van der Waals surface area contributed by atoms with Crippen LogP contribution in [0.25, 0.3) is 10.9 Å². The van der Waals surface area contributed by atoms with Crippen LogP contribution < -0.4 is 5.32 Å². The lowest BCUT2D eigenvalue weighted by Crippen LogP contribution is -2.32. The highest BCUT2D eigenvalue weighted by atomic mass is 14.9. The Morgan fingerprint density at radius 3 is 3.00 bits per heavy atom. The molecule has 1 aromatic carbocycles. The first kappa shape index (κ1) is 9.48. The van der Waals surface area contributed by atoms with Crippen molar-refractivity contribution in [2.24, 2.45) is 17.8 Å². The third-order valence-electron chi connectivity index (χ3n) is 5.73. The lowest BCUT2D eigenvalue weighted by Gasteiger charge is -2.38. The van der Waals surface area contributed by atoms with Crippen LogP contribution in [0.5, 0.6) is 0 Å². The van der Waals surface area contributed by atoms with E-state index in [9.17, 15) is 0 Å². The van der Waals surface area contributed by atoms with E-state index >= 15 is 0 Å². The normalized spacial score (nSPS) is 36.4. The van der Waals surface area contributed by atoms with Gasteiger partial charge >= 0.3 is 0 Å². The highest BCUT2D eigenvalue weighted by Gasteiger charge is 2.50. The SMILES string of the molecule is c1cc2c3c(ccc2[nH]1)NC[C@@H]1[C@H]2CCC(C2)[C@H]31. The van der Waals surface area contributed by atoms with Crippen molar-refractivity contribution in [3.05, 3.63) is 30.0 Å². The zero-order chi connectivity index (χ0) is 11.7.